The molecule has 1 heterocycles. The minimum absolute atomic E-state index is 0.0393. The van der Waals surface area contributed by atoms with Gasteiger partial charge in [0.05, 0.1) is 26.4 Å². The molecule has 56 heavy (non-hydrogen) atoms. The first-order valence-electron chi connectivity index (χ1n) is 20.6. The smallest absolute Gasteiger partial charge is 0.240 e. The number of amides is 1. The molecule has 0 radical (unpaired) electrons. The van der Waals surface area contributed by atoms with Gasteiger partial charge in [-0.1, -0.05) is 59.7 Å². The standard InChI is InChI=1S/C45H69BrN4O6/c1-26-35-18-30(45(35,6)7)19-36(26)47-43(54)41-39(27(2)52)38(25-51)56-50(41)24-29-14-13-15-32(42(29)55-12)33-20-31(49(10)11)21-34(40(33)46)37(53)17-16-28(23-48(8)9)22-44(3,4)5/h13-15,20-21,26-28,30,35-36,38-39,41,51-52H,16-19,22-25H2,1-12H3,(H,47,54)/t26-,27-,28-,30+,35-,36-,38-,39+,41-/m0/s1. The number of hydroxylamine groups is 2. The lowest BCUT2D eigenvalue weighted by atomic mass is 9.45. The number of rotatable bonds is 16. The number of para-hydroxylation sites is 1. The number of hydrogen-bond acceptors (Lipinski definition) is 9. The van der Waals surface area contributed by atoms with Crippen LogP contribution < -0.4 is 15.0 Å². The molecular weight excluding hydrogens is 772 g/mol. The maximum absolute atomic E-state index is 14.3. The van der Waals surface area contributed by atoms with E-state index >= 15 is 0 Å². The Hall–Kier alpha value is -2.54. The van der Waals surface area contributed by atoms with E-state index in [1.54, 1.807) is 19.1 Å². The van der Waals surface area contributed by atoms with E-state index in [1.165, 1.54) is 6.42 Å². The molecule has 1 saturated heterocycles. The molecule has 9 atom stereocenters. The van der Waals surface area contributed by atoms with Crippen molar-refractivity contribution in [2.24, 2.45) is 40.4 Å². The number of benzene rings is 2. The Morgan fingerprint density at radius 2 is 1.82 bits per heavy atom. The number of aliphatic hydroxyl groups excluding tert-OH is 2. The number of Topliss-reactive ketones (excluding diaryl/α,β-unsaturated/α-hetero) is 1. The Balaban J connectivity index is 1.45. The Morgan fingerprint density at radius 3 is 2.38 bits per heavy atom. The van der Waals surface area contributed by atoms with Crippen LogP contribution in [0.1, 0.15) is 96.5 Å². The highest BCUT2D eigenvalue weighted by atomic mass is 79.9. The third kappa shape index (κ3) is 9.50. The molecule has 0 spiro atoms. The summed E-state index contributed by atoms with van der Waals surface area (Å²) in [6.45, 7) is 16.1. The number of methoxy groups -OCH3 is 1. The highest BCUT2D eigenvalue weighted by Gasteiger charge is 2.57. The second kappa shape index (κ2) is 17.8. The first-order chi connectivity index (χ1) is 26.2. The molecule has 2 bridgehead atoms. The van der Waals surface area contributed by atoms with Gasteiger partial charge in [-0.25, -0.2) is 0 Å². The van der Waals surface area contributed by atoms with E-state index in [0.717, 1.165) is 48.2 Å². The fourth-order valence-electron chi connectivity index (χ4n) is 10.2. The number of ketones is 1. The number of halogens is 1. The predicted molar refractivity (Wildman–Crippen MR) is 228 cm³/mol. The summed E-state index contributed by atoms with van der Waals surface area (Å²) in [5, 5.41) is 26.4. The molecule has 10 nitrogen and oxygen atoms in total. The lowest BCUT2D eigenvalue weighted by Crippen LogP contribution is -2.62. The first-order valence-corrected chi connectivity index (χ1v) is 21.3. The highest BCUT2D eigenvalue weighted by Crippen LogP contribution is 2.61. The average Bonchev–Trinajstić information content (AvgIpc) is 3.48. The lowest BCUT2D eigenvalue weighted by Gasteiger charge is -2.62. The van der Waals surface area contributed by atoms with Crippen molar-refractivity contribution < 1.29 is 29.4 Å². The summed E-state index contributed by atoms with van der Waals surface area (Å²) < 4.78 is 6.85. The molecule has 3 saturated carbocycles. The minimum atomic E-state index is -0.899. The molecule has 4 fully saturated rings. The van der Waals surface area contributed by atoms with Crippen LogP contribution >= 0.6 is 15.9 Å². The molecular formula is C45H69BrN4O6. The van der Waals surface area contributed by atoms with Crippen LogP contribution in [-0.2, 0) is 16.2 Å². The molecule has 0 aromatic heterocycles. The summed E-state index contributed by atoms with van der Waals surface area (Å²) in [5.41, 5.74) is 4.33. The van der Waals surface area contributed by atoms with E-state index in [0.29, 0.717) is 45.9 Å². The van der Waals surface area contributed by atoms with Crippen LogP contribution in [0.3, 0.4) is 0 Å². The summed E-state index contributed by atoms with van der Waals surface area (Å²) in [7, 11) is 9.73. The van der Waals surface area contributed by atoms with Crippen molar-refractivity contribution in [1.82, 2.24) is 15.3 Å². The second-order valence-electron chi connectivity index (χ2n) is 19.3. The zero-order chi connectivity index (χ0) is 41.4. The van der Waals surface area contributed by atoms with Crippen molar-refractivity contribution in [3.8, 4) is 16.9 Å². The van der Waals surface area contributed by atoms with Gasteiger partial charge in [0.2, 0.25) is 5.91 Å². The van der Waals surface area contributed by atoms with Gasteiger partial charge in [0.15, 0.2) is 5.78 Å². The second-order valence-corrected chi connectivity index (χ2v) is 20.1. The number of carbonyl (C=O) groups is 2. The molecule has 1 amide bonds. The number of nitrogens with one attached hydrogen (secondary N) is 1. The number of fused-ring (bicyclic) bond motifs is 2. The highest BCUT2D eigenvalue weighted by molar-refractivity contribution is 9.10. The van der Waals surface area contributed by atoms with Gasteiger partial charge in [-0.3, -0.25) is 14.4 Å². The van der Waals surface area contributed by atoms with Crippen molar-refractivity contribution in [3.05, 3.63) is 45.9 Å². The zero-order valence-corrected chi connectivity index (χ0v) is 37.6. The summed E-state index contributed by atoms with van der Waals surface area (Å²) in [4.78, 5) is 38.9. The van der Waals surface area contributed by atoms with E-state index < -0.39 is 24.2 Å². The van der Waals surface area contributed by atoms with Crippen molar-refractivity contribution in [1.29, 1.82) is 0 Å². The van der Waals surface area contributed by atoms with Gasteiger partial charge in [0.1, 0.15) is 17.9 Å². The first kappa shape index (κ1) is 44.6. The molecule has 3 aliphatic carbocycles. The molecule has 1 aliphatic heterocycles. The summed E-state index contributed by atoms with van der Waals surface area (Å²) in [5.74, 6) is 1.69. The van der Waals surface area contributed by atoms with Gasteiger partial charge < -0.3 is 30.1 Å². The van der Waals surface area contributed by atoms with Crippen LogP contribution in [0.4, 0.5) is 5.69 Å². The van der Waals surface area contributed by atoms with Gasteiger partial charge in [-0.05, 0) is 109 Å². The van der Waals surface area contributed by atoms with Gasteiger partial charge >= 0.3 is 0 Å². The Labute approximate surface area is 344 Å². The minimum Gasteiger partial charge on any atom is -0.496 e. The fraction of sp³-hybridized carbons (Fsp3) is 0.689. The molecule has 6 rings (SSSR count). The number of anilines is 1. The SMILES string of the molecule is COc1c(CN2O[C@@H](CO)[C@@H]([C@H](C)O)[C@H]2C(=O)N[C@H]2C[C@H]3C[C@@H]([C@@H]2C)C3(C)C)cccc1-c1cc(N(C)C)cc(C(=O)CC[C@H](CN(C)C)CC(C)(C)C)c1Br. The van der Waals surface area contributed by atoms with Crippen LogP contribution in [0.25, 0.3) is 11.1 Å². The summed E-state index contributed by atoms with van der Waals surface area (Å²) in [6, 6.07) is 9.09. The number of carbonyl (C=O) groups excluding carboxylic acids is 2. The molecule has 0 unspecified atom stereocenters. The molecule has 11 heteroatoms. The van der Waals surface area contributed by atoms with Crippen LogP contribution in [0, 0.1) is 40.4 Å². The zero-order valence-electron chi connectivity index (χ0n) is 36.0. The number of ether oxygens (including phenoxy) is 1. The largest absolute Gasteiger partial charge is 0.496 e. The average molecular weight is 842 g/mol. The van der Waals surface area contributed by atoms with Gasteiger partial charge in [0, 0.05) is 71.4 Å². The maximum Gasteiger partial charge on any atom is 0.240 e. The summed E-state index contributed by atoms with van der Waals surface area (Å²) in [6.07, 6.45) is 2.75. The van der Waals surface area contributed by atoms with Gasteiger partial charge in [-0.15, -0.1) is 0 Å². The molecule has 4 aliphatic rings. The molecule has 2 aromatic carbocycles. The van der Waals surface area contributed by atoms with E-state index in [1.807, 2.05) is 43.3 Å². The molecule has 312 valence electrons. The lowest BCUT2D eigenvalue weighted by molar-refractivity contribution is -0.183. The Morgan fingerprint density at radius 1 is 1.12 bits per heavy atom. The number of nitrogens with zero attached hydrogens (tertiary/aromatic N) is 3. The van der Waals surface area contributed by atoms with Crippen molar-refractivity contribution >= 4 is 33.3 Å². The van der Waals surface area contributed by atoms with Crippen LogP contribution in [-0.4, -0.2) is 105 Å². The topological polar surface area (TPSA) is 115 Å². The van der Waals surface area contributed by atoms with Crippen molar-refractivity contribution in [2.75, 3.05) is 53.4 Å². The number of aliphatic hydroxyl groups is 2. The normalized spacial score (nSPS) is 27.1. The maximum atomic E-state index is 14.3. The Bertz CT molecular complexity index is 1710. The quantitative estimate of drug-likeness (QED) is 0.149. The fourth-order valence-corrected chi connectivity index (χ4v) is 10.9. The van der Waals surface area contributed by atoms with E-state index in [4.69, 9.17) is 9.57 Å². The van der Waals surface area contributed by atoms with Crippen LogP contribution in [0.5, 0.6) is 5.75 Å². The van der Waals surface area contributed by atoms with Gasteiger partial charge in [-0.2, -0.15) is 5.06 Å². The van der Waals surface area contributed by atoms with E-state index in [2.05, 4.69) is 87.9 Å². The third-order valence-electron chi connectivity index (χ3n) is 13.2. The number of hydrogen-bond donors (Lipinski definition) is 3. The van der Waals surface area contributed by atoms with E-state index in [9.17, 15) is 19.8 Å². The summed E-state index contributed by atoms with van der Waals surface area (Å²) >= 11 is 3.86. The van der Waals surface area contributed by atoms with Crippen LogP contribution in [0.2, 0.25) is 0 Å². The van der Waals surface area contributed by atoms with Crippen molar-refractivity contribution in [3.63, 3.8) is 0 Å². The monoisotopic (exact) mass is 840 g/mol. The Kier molecular flexibility index (Phi) is 14.1. The molecule has 3 N–H and O–H groups in total. The third-order valence-corrected chi connectivity index (χ3v) is 14.0. The predicted octanol–water partition coefficient (Wildman–Crippen LogP) is 7.43. The van der Waals surface area contributed by atoms with Crippen LogP contribution in [0.15, 0.2) is 34.8 Å². The van der Waals surface area contributed by atoms with Gasteiger partial charge in [0.25, 0.3) is 0 Å². The van der Waals surface area contributed by atoms with Crippen molar-refractivity contribution in [2.45, 2.75) is 111 Å². The molecule has 2 aromatic rings. The van der Waals surface area contributed by atoms with E-state index in [-0.39, 0.29) is 41.7 Å².